The lowest BCUT2D eigenvalue weighted by Gasteiger charge is -2.08. The standard InChI is InChI=1S/C12H14I2O4/c13-10(14)7-2-1-4-8-5-3-6-9(11(8)15)18-12(16)17/h3,5-6,10,15H,1-2,4,7H2,(H,16,17). The molecular formula is C12H14I2O4. The molecule has 1 aromatic rings. The van der Waals surface area contributed by atoms with E-state index in [1.54, 1.807) is 12.1 Å². The van der Waals surface area contributed by atoms with E-state index in [1.807, 2.05) is 0 Å². The van der Waals surface area contributed by atoms with E-state index in [9.17, 15) is 9.90 Å². The summed E-state index contributed by atoms with van der Waals surface area (Å²) in [7, 11) is 0. The number of unbranched alkanes of at least 4 members (excludes halogenated alkanes) is 1. The number of carbonyl (C=O) groups is 1. The molecule has 1 aromatic carbocycles. The number of hydrogen-bond acceptors (Lipinski definition) is 3. The summed E-state index contributed by atoms with van der Waals surface area (Å²) in [6, 6.07) is 4.92. The van der Waals surface area contributed by atoms with E-state index in [2.05, 4.69) is 49.9 Å². The Bertz CT molecular complexity index is 407. The monoisotopic (exact) mass is 476 g/mol. The van der Waals surface area contributed by atoms with Crippen LogP contribution in [-0.2, 0) is 6.42 Å². The quantitative estimate of drug-likeness (QED) is 0.211. The molecule has 0 saturated carbocycles. The van der Waals surface area contributed by atoms with Gasteiger partial charge in [0, 0.05) is 0 Å². The van der Waals surface area contributed by atoms with E-state index >= 15 is 0 Å². The normalized spacial score (nSPS) is 10.6. The Hall–Kier alpha value is -0.250. The van der Waals surface area contributed by atoms with Crippen molar-refractivity contribution in [2.45, 2.75) is 27.6 Å². The SMILES string of the molecule is O=C(O)Oc1cccc(CCCCC(I)I)c1O. The van der Waals surface area contributed by atoms with Crippen molar-refractivity contribution in [1.29, 1.82) is 0 Å². The van der Waals surface area contributed by atoms with E-state index in [1.165, 1.54) is 6.07 Å². The van der Waals surface area contributed by atoms with Gasteiger partial charge in [0.25, 0.3) is 0 Å². The number of alkyl halides is 2. The summed E-state index contributed by atoms with van der Waals surface area (Å²) < 4.78 is 5.12. The van der Waals surface area contributed by atoms with Crippen LogP contribution in [0.3, 0.4) is 0 Å². The molecule has 0 atom stereocenters. The van der Waals surface area contributed by atoms with Crippen LogP contribution in [0.25, 0.3) is 0 Å². The van der Waals surface area contributed by atoms with Gasteiger partial charge in [0.15, 0.2) is 11.5 Å². The highest BCUT2D eigenvalue weighted by Crippen LogP contribution is 2.31. The maximum Gasteiger partial charge on any atom is 0.511 e. The second-order valence-electron chi connectivity index (χ2n) is 3.77. The number of aryl methyl sites for hydroxylation is 1. The van der Waals surface area contributed by atoms with Gasteiger partial charge in [0.1, 0.15) is 0 Å². The molecule has 0 saturated heterocycles. The highest BCUT2D eigenvalue weighted by Gasteiger charge is 2.11. The van der Waals surface area contributed by atoms with Gasteiger partial charge in [-0.15, -0.1) is 0 Å². The molecule has 2 N–H and O–H groups in total. The minimum absolute atomic E-state index is 0.000611. The number of hydrogen-bond donors (Lipinski definition) is 2. The minimum Gasteiger partial charge on any atom is -0.504 e. The molecule has 0 bridgehead atoms. The van der Waals surface area contributed by atoms with Gasteiger partial charge in [-0.1, -0.05) is 63.7 Å². The third-order valence-corrected chi connectivity index (χ3v) is 3.64. The molecule has 0 aliphatic rings. The van der Waals surface area contributed by atoms with Gasteiger partial charge in [-0.2, -0.15) is 0 Å². The molecule has 0 fully saturated rings. The van der Waals surface area contributed by atoms with Gasteiger partial charge in [0.2, 0.25) is 0 Å². The number of phenolic OH excluding ortho intramolecular Hbond substituents is 1. The summed E-state index contributed by atoms with van der Waals surface area (Å²) in [6.07, 6.45) is 2.49. The van der Waals surface area contributed by atoms with Gasteiger partial charge in [-0.3, -0.25) is 0 Å². The number of halogens is 2. The highest BCUT2D eigenvalue weighted by molar-refractivity contribution is 14.2. The molecule has 0 radical (unpaired) electrons. The van der Waals surface area contributed by atoms with E-state index < -0.39 is 6.16 Å². The van der Waals surface area contributed by atoms with Crippen LogP contribution in [0.2, 0.25) is 0 Å². The summed E-state index contributed by atoms with van der Waals surface area (Å²) in [6.45, 7) is 0. The minimum atomic E-state index is -1.42. The van der Waals surface area contributed by atoms with Crippen LogP contribution in [-0.4, -0.2) is 18.3 Å². The zero-order valence-corrected chi connectivity index (χ0v) is 13.9. The fourth-order valence-corrected chi connectivity index (χ4v) is 2.44. The molecule has 0 amide bonds. The molecule has 0 heterocycles. The Morgan fingerprint density at radius 1 is 1.33 bits per heavy atom. The maximum atomic E-state index is 10.4. The largest absolute Gasteiger partial charge is 0.511 e. The number of phenols is 1. The first kappa shape index (κ1) is 15.8. The van der Waals surface area contributed by atoms with Crippen LogP contribution >= 0.6 is 45.2 Å². The van der Waals surface area contributed by atoms with Gasteiger partial charge in [-0.05, 0) is 30.9 Å². The maximum absolute atomic E-state index is 10.4. The third-order valence-electron chi connectivity index (χ3n) is 2.40. The number of benzene rings is 1. The third kappa shape index (κ3) is 5.59. The molecule has 1 rings (SSSR count). The van der Waals surface area contributed by atoms with Crippen molar-refractivity contribution in [3.63, 3.8) is 0 Å². The molecule has 0 spiro atoms. The molecule has 0 aromatic heterocycles. The Morgan fingerprint density at radius 3 is 2.67 bits per heavy atom. The highest BCUT2D eigenvalue weighted by atomic mass is 127. The fourth-order valence-electron chi connectivity index (χ4n) is 1.56. The van der Waals surface area contributed by atoms with Gasteiger partial charge in [-0.25, -0.2) is 4.79 Å². The van der Waals surface area contributed by atoms with Gasteiger partial charge < -0.3 is 14.9 Å². The number of carboxylic acid groups (broad SMARTS) is 1. The van der Waals surface area contributed by atoms with Crippen LogP contribution in [0.4, 0.5) is 4.79 Å². The fraction of sp³-hybridized carbons (Fsp3) is 0.417. The number of rotatable bonds is 6. The zero-order chi connectivity index (χ0) is 13.5. The zero-order valence-electron chi connectivity index (χ0n) is 9.60. The van der Waals surface area contributed by atoms with Gasteiger partial charge >= 0.3 is 6.16 Å². The predicted molar refractivity (Wildman–Crippen MR) is 86.1 cm³/mol. The first-order valence-electron chi connectivity index (χ1n) is 5.50. The lowest BCUT2D eigenvalue weighted by molar-refractivity contribution is 0.143. The first-order chi connectivity index (χ1) is 8.50. The second kappa shape index (κ2) is 8.03. The molecule has 18 heavy (non-hydrogen) atoms. The van der Waals surface area contributed by atoms with Crippen molar-refractivity contribution in [1.82, 2.24) is 0 Å². The average Bonchev–Trinajstić information content (AvgIpc) is 2.28. The average molecular weight is 476 g/mol. The summed E-state index contributed by atoms with van der Waals surface area (Å²) in [5.74, 6) is -0.0685. The van der Waals surface area contributed by atoms with Crippen LogP contribution in [0.15, 0.2) is 18.2 Å². The molecule has 100 valence electrons. The van der Waals surface area contributed by atoms with E-state index in [4.69, 9.17) is 5.11 Å². The van der Waals surface area contributed by atoms with Crippen LogP contribution in [0.5, 0.6) is 11.5 Å². The lowest BCUT2D eigenvalue weighted by atomic mass is 10.1. The van der Waals surface area contributed by atoms with E-state index in [-0.39, 0.29) is 11.5 Å². The summed E-state index contributed by atoms with van der Waals surface area (Å²) in [5.41, 5.74) is 0.729. The number of ether oxygens (including phenoxy) is 1. The van der Waals surface area contributed by atoms with Crippen molar-refractivity contribution < 1.29 is 19.7 Å². The van der Waals surface area contributed by atoms with Crippen molar-refractivity contribution in [3.8, 4) is 11.5 Å². The Labute approximate surface area is 133 Å². The van der Waals surface area contributed by atoms with Crippen molar-refractivity contribution in [3.05, 3.63) is 23.8 Å². The second-order valence-corrected chi connectivity index (χ2v) is 9.16. The van der Waals surface area contributed by atoms with Crippen LogP contribution in [0.1, 0.15) is 24.8 Å². The lowest BCUT2D eigenvalue weighted by Crippen LogP contribution is -2.03. The predicted octanol–water partition coefficient (Wildman–Crippen LogP) is 4.36. The van der Waals surface area contributed by atoms with Crippen molar-refractivity contribution in [2.75, 3.05) is 0 Å². The molecular weight excluding hydrogens is 462 g/mol. The topological polar surface area (TPSA) is 66.8 Å². The number of para-hydroxylation sites is 1. The Kier molecular flexibility index (Phi) is 7.05. The first-order valence-corrected chi connectivity index (χ1v) is 7.99. The summed E-state index contributed by atoms with van der Waals surface area (Å²) in [5, 5.41) is 18.4. The summed E-state index contributed by atoms with van der Waals surface area (Å²) in [4.78, 5) is 10.4. The molecule has 0 unspecified atom stereocenters. The molecule has 6 heteroatoms. The van der Waals surface area contributed by atoms with Crippen molar-refractivity contribution in [2.24, 2.45) is 0 Å². The molecule has 4 nitrogen and oxygen atoms in total. The smallest absolute Gasteiger partial charge is 0.504 e. The number of aromatic hydroxyl groups is 1. The molecule has 0 aliphatic carbocycles. The van der Waals surface area contributed by atoms with Crippen molar-refractivity contribution >= 4 is 51.3 Å². The Balaban J connectivity index is 2.58. The van der Waals surface area contributed by atoms with E-state index in [0.29, 0.717) is 1.93 Å². The van der Waals surface area contributed by atoms with E-state index in [0.717, 1.165) is 31.2 Å². The summed E-state index contributed by atoms with van der Waals surface area (Å²) >= 11 is 4.75. The Morgan fingerprint density at radius 2 is 2.06 bits per heavy atom. The van der Waals surface area contributed by atoms with Gasteiger partial charge in [0.05, 0.1) is 1.93 Å². The molecule has 0 aliphatic heterocycles. The van der Waals surface area contributed by atoms with Crippen LogP contribution in [0, 0.1) is 0 Å². The van der Waals surface area contributed by atoms with Crippen LogP contribution < -0.4 is 4.74 Å².